The molecule has 1 saturated heterocycles. The molecule has 6 aliphatic heterocycles. The molecule has 1 aromatic heterocycles. The highest BCUT2D eigenvalue weighted by atomic mass is 28.3. The van der Waals surface area contributed by atoms with Crippen LogP contribution in [0, 0.1) is 0 Å². The van der Waals surface area contributed by atoms with E-state index in [-0.39, 0.29) is 33.5 Å². The van der Waals surface area contributed by atoms with Crippen LogP contribution in [0.25, 0.3) is 5.57 Å². The molecule has 1 aromatic carbocycles. The van der Waals surface area contributed by atoms with Crippen molar-refractivity contribution in [2.24, 2.45) is 0 Å². The van der Waals surface area contributed by atoms with E-state index in [4.69, 9.17) is 18.8 Å². The van der Waals surface area contributed by atoms with Gasteiger partial charge in [0.25, 0.3) is 0 Å². The fraction of sp³-hybridized carbons (Fsp3) is 0.103. The van der Waals surface area contributed by atoms with E-state index < -0.39 is 14.9 Å². The third-order valence-electron chi connectivity index (χ3n) is 8.66. The van der Waals surface area contributed by atoms with E-state index in [1.54, 1.807) is 6.20 Å². The molecule has 0 atom stereocenters. The summed E-state index contributed by atoms with van der Waals surface area (Å²) in [5.41, 5.74) is 1.24. The zero-order valence-corrected chi connectivity index (χ0v) is 23.9. The maximum atomic E-state index is 8.64. The lowest BCUT2D eigenvalue weighted by molar-refractivity contribution is 0.464. The lowest BCUT2D eigenvalue weighted by atomic mass is 9.41. The van der Waals surface area contributed by atoms with Crippen molar-refractivity contribution in [3.05, 3.63) is 127 Å². The van der Waals surface area contributed by atoms with Gasteiger partial charge < -0.3 is 23.6 Å². The van der Waals surface area contributed by atoms with Crippen LogP contribution >= 0.6 is 0 Å². The van der Waals surface area contributed by atoms with Gasteiger partial charge in [0.05, 0.1) is 17.2 Å². The minimum absolute atomic E-state index is 0.0511. The second-order valence-corrected chi connectivity index (χ2v) is 15.6. The highest BCUT2D eigenvalue weighted by Crippen LogP contribution is 2.35. The summed E-state index contributed by atoms with van der Waals surface area (Å²) in [6, 6.07) is 8.06. The van der Waals surface area contributed by atoms with Gasteiger partial charge >= 0.3 is 27.9 Å². The van der Waals surface area contributed by atoms with Gasteiger partial charge in [-0.3, -0.25) is 4.98 Å². The molecule has 0 spiro atoms. The number of ether oxygens (including phenoxy) is 1. The number of para-hydroxylation sites is 1. The maximum Gasteiger partial charge on any atom is 0.380 e. The topological polar surface area (TPSA) is 48.0 Å². The van der Waals surface area contributed by atoms with Crippen molar-refractivity contribution in [2.75, 3.05) is 0 Å². The first kappa shape index (κ1) is 21.4. The highest BCUT2D eigenvalue weighted by Gasteiger charge is 2.50. The van der Waals surface area contributed by atoms with Crippen LogP contribution in [0.5, 0.6) is 11.6 Å². The summed E-state index contributed by atoms with van der Waals surface area (Å²) in [5.74, 6) is 9.62. The van der Waals surface area contributed by atoms with Gasteiger partial charge in [-0.25, -0.2) is 4.98 Å². The van der Waals surface area contributed by atoms with Crippen molar-refractivity contribution in [1.29, 1.82) is 0 Å². The lowest BCUT2D eigenvalue weighted by Gasteiger charge is -2.53. The quantitative estimate of drug-likeness (QED) is 0.505. The Morgan fingerprint density at radius 2 is 1.44 bits per heavy atom. The van der Waals surface area contributed by atoms with Crippen molar-refractivity contribution in [3.63, 3.8) is 0 Å². The molecule has 7 heterocycles. The standard InChI is InChI=1S/C29H28B4N6OSi/c1-23-20-33-38-19-11-7-15-31(38)36-17-9-6-14-30(36)37-18-10-8-16-32(37)39(33)22-24(23)25-21-34-29-28(35-25)40-26-12-4-5-13-27(26)41(29,2)3/h4-22H,1-3H3/i1D3. The van der Waals surface area contributed by atoms with E-state index in [1.165, 1.54) is 5.19 Å². The molecule has 8 rings (SSSR count). The van der Waals surface area contributed by atoms with Crippen LogP contribution in [-0.2, 0) is 0 Å². The molecule has 0 N–H and O–H groups in total. The van der Waals surface area contributed by atoms with Crippen LogP contribution in [0.3, 0.4) is 0 Å². The number of allylic oxidation sites excluding steroid dienone is 8. The first-order chi connectivity index (χ1) is 21.2. The van der Waals surface area contributed by atoms with Gasteiger partial charge in [-0.2, -0.15) is 0 Å². The van der Waals surface area contributed by atoms with Gasteiger partial charge in [0, 0.05) is 9.69 Å². The van der Waals surface area contributed by atoms with Gasteiger partial charge in [-0.15, -0.1) is 0 Å². The van der Waals surface area contributed by atoms with Crippen molar-refractivity contribution >= 4 is 52.1 Å². The SMILES string of the molecule is [2H]C([2H])([2H])C1=CB2N3C=CC=CB3N3C=CC=CB3N3C=CC=CB3N2C=C1c1cnc2c(n1)Oc1ccccc1[Si]2(C)C. The van der Waals surface area contributed by atoms with Crippen LogP contribution in [0.4, 0.5) is 0 Å². The van der Waals surface area contributed by atoms with Gasteiger partial charge in [0.15, 0.2) is 0 Å². The number of hydrogen-bond donors (Lipinski definition) is 0. The van der Waals surface area contributed by atoms with Crippen molar-refractivity contribution < 1.29 is 8.85 Å². The Morgan fingerprint density at radius 1 is 0.805 bits per heavy atom. The lowest BCUT2D eigenvalue weighted by Crippen LogP contribution is -2.73. The Kier molecular flexibility index (Phi) is 4.76. The summed E-state index contributed by atoms with van der Waals surface area (Å²) in [6.45, 7) is 1.33. The fourth-order valence-corrected chi connectivity index (χ4v) is 9.14. The zero-order chi connectivity index (χ0) is 30.2. The Labute approximate surface area is 248 Å². The average Bonchev–Trinajstić information content (AvgIpc) is 3.03. The summed E-state index contributed by atoms with van der Waals surface area (Å²) < 4.78 is 41.2. The first-order valence-electron chi connectivity index (χ1n) is 15.5. The molecule has 2 aromatic rings. The molecule has 1 fully saturated rings. The molecular weight excluding hydrogens is 520 g/mol. The normalized spacial score (nSPS) is 22.1. The van der Waals surface area contributed by atoms with Gasteiger partial charge in [0.1, 0.15) is 13.8 Å². The average molecular weight is 551 g/mol. The molecule has 196 valence electrons. The largest absolute Gasteiger partial charge is 0.438 e. The summed E-state index contributed by atoms with van der Waals surface area (Å²) in [5, 5.41) is 2.03. The van der Waals surface area contributed by atoms with Gasteiger partial charge in [-0.05, 0) is 66.7 Å². The Hall–Kier alpha value is -4.30. The molecule has 0 bridgehead atoms. The predicted molar refractivity (Wildman–Crippen MR) is 172 cm³/mol. The second kappa shape index (κ2) is 9.11. The van der Waals surface area contributed by atoms with Crippen molar-refractivity contribution in [2.45, 2.75) is 19.9 Å². The molecule has 41 heavy (non-hydrogen) atoms. The van der Waals surface area contributed by atoms with E-state index in [0.29, 0.717) is 17.1 Å². The van der Waals surface area contributed by atoms with Crippen LogP contribution < -0.4 is 15.2 Å². The Morgan fingerprint density at radius 3 is 2.12 bits per heavy atom. The molecule has 0 radical (unpaired) electrons. The second-order valence-electron chi connectivity index (χ2n) is 11.4. The number of aromatic nitrogens is 2. The molecule has 0 amide bonds. The predicted octanol–water partition coefficient (Wildman–Crippen LogP) is 3.29. The summed E-state index contributed by atoms with van der Waals surface area (Å²) in [4.78, 5) is 9.89. The van der Waals surface area contributed by atoms with Crippen molar-refractivity contribution in [1.82, 2.24) is 28.9 Å². The molecule has 12 heteroatoms. The van der Waals surface area contributed by atoms with E-state index in [1.807, 2.05) is 67.0 Å². The van der Waals surface area contributed by atoms with Crippen LogP contribution in [0.15, 0.2) is 121 Å². The Balaban J connectivity index is 1.29. The number of nitrogens with zero attached hydrogens (tertiary/aromatic N) is 6. The van der Waals surface area contributed by atoms with E-state index in [2.05, 4.69) is 74.5 Å². The molecular formula is C29H28B4N6OSi. The van der Waals surface area contributed by atoms with Gasteiger partial charge in [0.2, 0.25) is 5.88 Å². The summed E-state index contributed by atoms with van der Waals surface area (Å²) in [7, 11) is -2.17. The molecule has 0 unspecified atom stereocenters. The molecule has 0 aliphatic carbocycles. The Bertz CT molecular complexity index is 1800. The summed E-state index contributed by atoms with van der Waals surface area (Å²) in [6.07, 6.45) is 22.2. The first-order valence-corrected chi connectivity index (χ1v) is 17.0. The van der Waals surface area contributed by atoms with E-state index >= 15 is 0 Å². The highest BCUT2D eigenvalue weighted by molar-refractivity contribution is 7.01. The summed E-state index contributed by atoms with van der Waals surface area (Å²) >= 11 is 0. The third-order valence-corrected chi connectivity index (χ3v) is 11.9. The fourth-order valence-electron chi connectivity index (χ4n) is 6.60. The monoisotopic (exact) mass is 551 g/mol. The number of fused-ring (bicyclic) bond motifs is 10. The van der Waals surface area contributed by atoms with Crippen molar-refractivity contribution in [3.8, 4) is 11.6 Å². The number of rotatable bonds is 1. The third kappa shape index (κ3) is 3.70. The van der Waals surface area contributed by atoms with Crippen LogP contribution in [-0.4, -0.2) is 64.9 Å². The zero-order valence-electron chi connectivity index (χ0n) is 25.9. The minimum Gasteiger partial charge on any atom is -0.438 e. The van der Waals surface area contributed by atoms with E-state index in [9.17, 15) is 0 Å². The molecule has 6 aliphatic rings. The van der Waals surface area contributed by atoms with Crippen LogP contribution in [0.2, 0.25) is 13.1 Å². The number of hydrogen-bond acceptors (Lipinski definition) is 7. The van der Waals surface area contributed by atoms with Crippen LogP contribution in [0.1, 0.15) is 16.7 Å². The minimum atomic E-state index is -2.39. The van der Waals surface area contributed by atoms with E-state index in [0.717, 1.165) is 11.1 Å². The van der Waals surface area contributed by atoms with Gasteiger partial charge in [-0.1, -0.05) is 73.4 Å². The molecule has 0 saturated carbocycles. The maximum absolute atomic E-state index is 8.64. The molecule has 7 nitrogen and oxygen atoms in total. The number of benzene rings is 1. The smallest absolute Gasteiger partial charge is 0.380 e.